The largest absolute Gasteiger partial charge is 0.327 e. The minimum Gasteiger partial charge on any atom is -0.327 e. The summed E-state index contributed by atoms with van der Waals surface area (Å²) in [6, 6.07) is 10.5. The molecule has 0 bridgehead atoms. The van der Waals surface area contributed by atoms with Crippen LogP contribution in [0.2, 0.25) is 5.02 Å². The lowest BCUT2D eigenvalue weighted by Crippen LogP contribution is -2.26. The first kappa shape index (κ1) is 14.0. The van der Waals surface area contributed by atoms with Crippen molar-refractivity contribution in [1.29, 1.82) is 0 Å². The Morgan fingerprint density at radius 3 is 2.32 bits per heavy atom. The van der Waals surface area contributed by atoms with Crippen LogP contribution < -0.4 is 5.73 Å². The van der Waals surface area contributed by atoms with Crippen molar-refractivity contribution in [3.63, 3.8) is 0 Å². The number of hydrogen-bond donors (Lipinski definition) is 1. The lowest BCUT2D eigenvalue weighted by Gasteiger charge is -2.12. The van der Waals surface area contributed by atoms with Gasteiger partial charge in [-0.25, -0.2) is 8.78 Å². The number of benzene rings is 2. The SMILES string of the molecule is NC(Cc1ccc(F)cc1)Cc1ccc(Cl)cc1F. The minimum absolute atomic E-state index is 0.221. The molecular formula is C15H14ClF2N. The van der Waals surface area contributed by atoms with Gasteiger partial charge in [0.15, 0.2) is 0 Å². The fourth-order valence-electron chi connectivity index (χ4n) is 1.97. The van der Waals surface area contributed by atoms with Crippen LogP contribution in [0.15, 0.2) is 42.5 Å². The van der Waals surface area contributed by atoms with Gasteiger partial charge >= 0.3 is 0 Å². The summed E-state index contributed by atoms with van der Waals surface area (Å²) >= 11 is 5.69. The molecule has 1 atom stereocenters. The molecule has 1 nitrogen and oxygen atoms in total. The van der Waals surface area contributed by atoms with E-state index in [1.807, 2.05) is 0 Å². The van der Waals surface area contributed by atoms with Gasteiger partial charge in [-0.3, -0.25) is 0 Å². The molecule has 0 fully saturated rings. The monoisotopic (exact) mass is 281 g/mol. The molecule has 0 aromatic heterocycles. The normalized spacial score (nSPS) is 12.4. The van der Waals surface area contributed by atoms with E-state index in [0.717, 1.165) is 5.56 Å². The first-order chi connectivity index (χ1) is 9.04. The lowest BCUT2D eigenvalue weighted by molar-refractivity contribution is 0.583. The summed E-state index contributed by atoms with van der Waals surface area (Å²) in [5, 5.41) is 0.369. The molecule has 0 aliphatic heterocycles. The molecule has 19 heavy (non-hydrogen) atoms. The van der Waals surface area contributed by atoms with Crippen molar-refractivity contribution < 1.29 is 8.78 Å². The maximum absolute atomic E-state index is 13.6. The number of rotatable bonds is 4. The van der Waals surface area contributed by atoms with E-state index in [9.17, 15) is 8.78 Å². The molecule has 2 rings (SSSR count). The highest BCUT2D eigenvalue weighted by atomic mass is 35.5. The van der Waals surface area contributed by atoms with Crippen LogP contribution in [0.25, 0.3) is 0 Å². The van der Waals surface area contributed by atoms with Crippen molar-refractivity contribution in [3.8, 4) is 0 Å². The predicted octanol–water partition coefficient (Wildman–Crippen LogP) is 3.73. The van der Waals surface area contributed by atoms with Gasteiger partial charge in [-0.2, -0.15) is 0 Å². The van der Waals surface area contributed by atoms with Crippen LogP contribution in [-0.4, -0.2) is 6.04 Å². The topological polar surface area (TPSA) is 26.0 Å². The van der Waals surface area contributed by atoms with Crippen LogP contribution in [0.3, 0.4) is 0 Å². The van der Waals surface area contributed by atoms with Crippen LogP contribution in [0, 0.1) is 11.6 Å². The van der Waals surface area contributed by atoms with Gasteiger partial charge in [0.1, 0.15) is 11.6 Å². The maximum Gasteiger partial charge on any atom is 0.127 e. The molecule has 0 aliphatic rings. The number of halogens is 3. The summed E-state index contributed by atoms with van der Waals surface area (Å²) in [5.41, 5.74) is 7.46. The van der Waals surface area contributed by atoms with Gasteiger partial charge in [-0.05, 0) is 48.2 Å². The van der Waals surface area contributed by atoms with E-state index in [1.165, 1.54) is 18.2 Å². The fourth-order valence-corrected chi connectivity index (χ4v) is 2.12. The third-order valence-electron chi connectivity index (χ3n) is 2.91. The highest BCUT2D eigenvalue weighted by molar-refractivity contribution is 6.30. The summed E-state index contributed by atoms with van der Waals surface area (Å²) < 4.78 is 26.4. The second kappa shape index (κ2) is 6.13. The van der Waals surface area contributed by atoms with Gasteiger partial charge in [-0.1, -0.05) is 29.8 Å². The quantitative estimate of drug-likeness (QED) is 0.908. The highest BCUT2D eigenvalue weighted by Crippen LogP contribution is 2.16. The third kappa shape index (κ3) is 4.01. The number of hydrogen-bond acceptors (Lipinski definition) is 1. The molecule has 1 unspecified atom stereocenters. The molecule has 0 saturated heterocycles. The zero-order chi connectivity index (χ0) is 13.8. The van der Waals surface area contributed by atoms with Crippen molar-refractivity contribution >= 4 is 11.6 Å². The first-order valence-electron chi connectivity index (χ1n) is 5.98. The summed E-state index contributed by atoms with van der Waals surface area (Å²) in [6.45, 7) is 0. The zero-order valence-corrected chi connectivity index (χ0v) is 11.0. The Labute approximate surface area is 116 Å². The van der Waals surface area contributed by atoms with Gasteiger partial charge in [0, 0.05) is 11.1 Å². The summed E-state index contributed by atoms with van der Waals surface area (Å²) in [6.07, 6.45) is 0.989. The molecule has 2 aromatic carbocycles. The fraction of sp³-hybridized carbons (Fsp3) is 0.200. The lowest BCUT2D eigenvalue weighted by atomic mass is 9.99. The van der Waals surface area contributed by atoms with Crippen LogP contribution in [0.1, 0.15) is 11.1 Å². The Hall–Kier alpha value is -1.45. The van der Waals surface area contributed by atoms with E-state index in [1.54, 1.807) is 24.3 Å². The first-order valence-corrected chi connectivity index (χ1v) is 6.36. The maximum atomic E-state index is 13.6. The van der Waals surface area contributed by atoms with Crippen LogP contribution >= 0.6 is 11.6 Å². The zero-order valence-electron chi connectivity index (χ0n) is 10.2. The van der Waals surface area contributed by atoms with Gasteiger partial charge in [0.2, 0.25) is 0 Å². The van der Waals surface area contributed by atoms with Gasteiger partial charge in [0.25, 0.3) is 0 Å². The highest BCUT2D eigenvalue weighted by Gasteiger charge is 2.09. The molecule has 0 amide bonds. The van der Waals surface area contributed by atoms with Gasteiger partial charge in [0.05, 0.1) is 0 Å². The molecule has 0 spiro atoms. The van der Waals surface area contributed by atoms with Gasteiger partial charge in [-0.15, -0.1) is 0 Å². The second-order valence-electron chi connectivity index (χ2n) is 4.53. The second-order valence-corrected chi connectivity index (χ2v) is 4.97. The van der Waals surface area contributed by atoms with E-state index in [0.29, 0.717) is 23.4 Å². The summed E-state index contributed by atoms with van der Waals surface area (Å²) in [4.78, 5) is 0. The van der Waals surface area contributed by atoms with Crippen molar-refractivity contribution in [2.45, 2.75) is 18.9 Å². The average molecular weight is 282 g/mol. The molecule has 0 aliphatic carbocycles. The van der Waals surface area contributed by atoms with E-state index in [2.05, 4.69) is 0 Å². The van der Waals surface area contributed by atoms with Crippen molar-refractivity contribution in [1.82, 2.24) is 0 Å². The Kier molecular flexibility index (Phi) is 4.51. The van der Waals surface area contributed by atoms with Crippen molar-refractivity contribution in [2.75, 3.05) is 0 Å². The van der Waals surface area contributed by atoms with Crippen LogP contribution in [0.5, 0.6) is 0 Å². The molecule has 2 aromatic rings. The van der Waals surface area contributed by atoms with E-state index in [-0.39, 0.29) is 17.7 Å². The Bertz CT molecular complexity index is 555. The Balaban J connectivity index is 2.01. The third-order valence-corrected chi connectivity index (χ3v) is 3.14. The molecule has 100 valence electrons. The molecule has 0 radical (unpaired) electrons. The van der Waals surface area contributed by atoms with E-state index < -0.39 is 0 Å². The van der Waals surface area contributed by atoms with E-state index in [4.69, 9.17) is 17.3 Å². The van der Waals surface area contributed by atoms with Crippen molar-refractivity contribution in [3.05, 3.63) is 70.2 Å². The smallest absolute Gasteiger partial charge is 0.127 e. The van der Waals surface area contributed by atoms with Crippen molar-refractivity contribution in [2.24, 2.45) is 5.73 Å². The molecule has 2 N–H and O–H groups in total. The Morgan fingerprint density at radius 1 is 1.00 bits per heavy atom. The van der Waals surface area contributed by atoms with Crippen LogP contribution in [-0.2, 0) is 12.8 Å². The predicted molar refractivity (Wildman–Crippen MR) is 73.2 cm³/mol. The molecule has 0 saturated carbocycles. The minimum atomic E-state index is -0.345. The van der Waals surface area contributed by atoms with Gasteiger partial charge < -0.3 is 5.73 Å². The standard InChI is InChI=1S/C15H14ClF2N/c16-12-4-3-11(15(18)9-12)8-14(19)7-10-1-5-13(17)6-2-10/h1-6,9,14H,7-8,19H2. The number of nitrogens with two attached hydrogens (primary N) is 1. The summed E-state index contributed by atoms with van der Waals surface area (Å²) in [5.74, 6) is -0.622. The Morgan fingerprint density at radius 2 is 1.68 bits per heavy atom. The molecule has 4 heteroatoms. The van der Waals surface area contributed by atoms with Crippen LogP contribution in [0.4, 0.5) is 8.78 Å². The molecular weight excluding hydrogens is 268 g/mol. The average Bonchev–Trinajstić information content (AvgIpc) is 2.36. The van der Waals surface area contributed by atoms with E-state index >= 15 is 0 Å². The molecule has 0 heterocycles. The summed E-state index contributed by atoms with van der Waals surface area (Å²) in [7, 11) is 0.